The van der Waals surface area contributed by atoms with E-state index in [9.17, 15) is 8.42 Å². The first-order chi connectivity index (χ1) is 9.08. The highest BCUT2D eigenvalue weighted by atomic mass is 79.9. The monoisotopic (exact) mass is 366 g/mol. The maximum Gasteiger partial charge on any atom is 0.247 e. The van der Waals surface area contributed by atoms with Crippen LogP contribution in [-0.2, 0) is 16.6 Å². The van der Waals surface area contributed by atoms with Crippen LogP contribution in [0.25, 0.3) is 0 Å². The van der Waals surface area contributed by atoms with Gasteiger partial charge in [-0.15, -0.1) is 0 Å². The molecule has 0 saturated heterocycles. The maximum absolute atomic E-state index is 12.5. The first-order valence-corrected chi connectivity index (χ1v) is 8.76. The number of halogens is 1. The Bertz CT molecular complexity index is 546. The Morgan fingerprint density at radius 3 is 2.50 bits per heavy atom. The van der Waals surface area contributed by atoms with Crippen LogP contribution >= 0.6 is 15.9 Å². The molecule has 1 N–H and O–H groups in total. The summed E-state index contributed by atoms with van der Waals surface area (Å²) in [7, 11) is -1.95. The fourth-order valence-corrected chi connectivity index (χ4v) is 4.18. The van der Waals surface area contributed by atoms with Gasteiger partial charge in [0.1, 0.15) is 10.7 Å². The molecular weight excluding hydrogens is 344 g/mol. The van der Waals surface area contributed by atoms with E-state index in [-0.39, 0.29) is 15.0 Å². The summed E-state index contributed by atoms with van der Waals surface area (Å²) < 4.78 is 32.1. The second-order valence-corrected chi connectivity index (χ2v) is 8.69. The summed E-state index contributed by atoms with van der Waals surface area (Å²) >= 11 is 3.19. The summed E-state index contributed by atoms with van der Waals surface area (Å²) in [6.07, 6.45) is 0. The van der Waals surface area contributed by atoms with Crippen molar-refractivity contribution >= 4 is 26.0 Å². The summed E-state index contributed by atoms with van der Waals surface area (Å²) in [5, 5.41) is 3.10. The highest BCUT2D eigenvalue weighted by molar-refractivity contribution is 9.10. The third-order valence-electron chi connectivity index (χ3n) is 2.64. The quantitative estimate of drug-likeness (QED) is 0.840. The molecule has 1 heterocycles. The second kappa shape index (κ2) is 6.60. The number of rotatable bonds is 6. The molecule has 0 radical (unpaired) electrons. The zero-order chi connectivity index (χ0) is 15.6. The van der Waals surface area contributed by atoms with Crippen molar-refractivity contribution in [3.8, 4) is 0 Å². The highest BCUT2D eigenvalue weighted by Crippen LogP contribution is 2.29. The first-order valence-electron chi connectivity index (χ1n) is 6.53. The van der Waals surface area contributed by atoms with Gasteiger partial charge in [-0.1, -0.05) is 27.7 Å². The van der Waals surface area contributed by atoms with Gasteiger partial charge in [-0.05, 0) is 27.9 Å². The summed E-state index contributed by atoms with van der Waals surface area (Å²) in [4.78, 5) is 0.178. The number of hydrogen-bond donors (Lipinski definition) is 1. The van der Waals surface area contributed by atoms with Crippen molar-refractivity contribution < 1.29 is 12.8 Å². The van der Waals surface area contributed by atoms with E-state index in [2.05, 4.69) is 21.2 Å². The Morgan fingerprint density at radius 2 is 2.00 bits per heavy atom. The summed E-state index contributed by atoms with van der Waals surface area (Å²) in [5.41, 5.74) is -0.107. The molecule has 0 aliphatic rings. The van der Waals surface area contributed by atoms with Gasteiger partial charge in [0.15, 0.2) is 4.67 Å². The van der Waals surface area contributed by atoms with Crippen LogP contribution in [-0.4, -0.2) is 32.9 Å². The predicted molar refractivity (Wildman–Crippen MR) is 83.1 cm³/mol. The van der Waals surface area contributed by atoms with Crippen LogP contribution in [0.15, 0.2) is 20.0 Å². The van der Waals surface area contributed by atoms with Gasteiger partial charge in [0.05, 0.1) is 6.54 Å². The normalized spacial score (nSPS) is 13.2. The minimum Gasteiger partial charge on any atom is -0.452 e. The molecule has 5 nitrogen and oxygen atoms in total. The van der Waals surface area contributed by atoms with Gasteiger partial charge in [-0.2, -0.15) is 0 Å². The van der Waals surface area contributed by atoms with Crippen molar-refractivity contribution in [3.05, 3.63) is 16.5 Å². The van der Waals surface area contributed by atoms with Crippen LogP contribution in [0.5, 0.6) is 0 Å². The lowest BCUT2D eigenvalue weighted by Gasteiger charge is -2.25. The van der Waals surface area contributed by atoms with Gasteiger partial charge in [0, 0.05) is 19.7 Å². The van der Waals surface area contributed by atoms with Crippen molar-refractivity contribution in [2.45, 2.75) is 39.1 Å². The van der Waals surface area contributed by atoms with Gasteiger partial charge in [0.25, 0.3) is 0 Å². The zero-order valence-corrected chi connectivity index (χ0v) is 15.1. The molecule has 1 aromatic rings. The van der Waals surface area contributed by atoms with Crippen LogP contribution in [0.3, 0.4) is 0 Å². The van der Waals surface area contributed by atoms with E-state index in [4.69, 9.17) is 4.42 Å². The van der Waals surface area contributed by atoms with E-state index < -0.39 is 10.0 Å². The molecule has 20 heavy (non-hydrogen) atoms. The topological polar surface area (TPSA) is 62.6 Å². The number of furan rings is 1. The molecule has 1 rings (SSSR count). The van der Waals surface area contributed by atoms with Gasteiger partial charge in [0.2, 0.25) is 10.0 Å². The molecule has 0 amide bonds. The van der Waals surface area contributed by atoms with Crippen molar-refractivity contribution in [1.82, 2.24) is 9.62 Å². The second-order valence-electron chi connectivity index (χ2n) is 5.95. The standard InChI is InChI=1S/C13H23BrN2O3S/c1-6-15-8-10-7-11(12(14)19-10)20(17,18)16(5)9-13(2,3)4/h7,15H,6,8-9H2,1-5H3. The van der Waals surface area contributed by atoms with E-state index in [1.54, 1.807) is 13.1 Å². The van der Waals surface area contributed by atoms with Crippen LogP contribution in [0.1, 0.15) is 33.5 Å². The number of nitrogens with zero attached hydrogens (tertiary/aromatic N) is 1. The Kier molecular flexibility index (Phi) is 5.83. The molecule has 0 bridgehead atoms. The lowest BCUT2D eigenvalue weighted by molar-refractivity contribution is 0.310. The van der Waals surface area contributed by atoms with E-state index in [0.717, 1.165) is 6.54 Å². The Labute approximate surface area is 129 Å². The molecule has 0 aliphatic carbocycles. The summed E-state index contributed by atoms with van der Waals surface area (Å²) in [5.74, 6) is 0.599. The molecule has 0 saturated carbocycles. The molecule has 0 fully saturated rings. The Morgan fingerprint density at radius 1 is 1.40 bits per heavy atom. The molecule has 0 spiro atoms. The zero-order valence-electron chi connectivity index (χ0n) is 12.7. The molecule has 0 unspecified atom stereocenters. The third-order valence-corrected chi connectivity index (χ3v) is 5.30. The average Bonchev–Trinajstić information content (AvgIpc) is 2.66. The number of hydrogen-bond acceptors (Lipinski definition) is 4. The fourth-order valence-electron chi connectivity index (χ4n) is 1.83. The van der Waals surface area contributed by atoms with Crippen molar-refractivity contribution in [2.75, 3.05) is 20.1 Å². The Hall–Kier alpha value is -0.370. The predicted octanol–water partition coefficient (Wildman–Crippen LogP) is 2.82. The Balaban J connectivity index is 3.00. The van der Waals surface area contributed by atoms with Gasteiger partial charge >= 0.3 is 0 Å². The molecule has 0 aliphatic heterocycles. The fraction of sp³-hybridized carbons (Fsp3) is 0.692. The minimum absolute atomic E-state index is 0.107. The number of sulfonamides is 1. The van der Waals surface area contributed by atoms with Crippen molar-refractivity contribution in [3.63, 3.8) is 0 Å². The summed E-state index contributed by atoms with van der Waals surface area (Å²) in [6, 6.07) is 1.57. The van der Waals surface area contributed by atoms with E-state index in [1.807, 2.05) is 27.7 Å². The first kappa shape index (κ1) is 17.7. The molecule has 7 heteroatoms. The average molecular weight is 367 g/mol. The molecular formula is C13H23BrN2O3S. The van der Waals surface area contributed by atoms with Crippen LogP contribution in [0.2, 0.25) is 0 Å². The van der Waals surface area contributed by atoms with E-state index >= 15 is 0 Å². The van der Waals surface area contributed by atoms with Crippen molar-refractivity contribution in [1.29, 1.82) is 0 Å². The molecule has 0 aromatic carbocycles. The lowest BCUT2D eigenvalue weighted by atomic mass is 9.97. The molecule has 116 valence electrons. The van der Waals surface area contributed by atoms with Crippen LogP contribution < -0.4 is 5.32 Å². The van der Waals surface area contributed by atoms with Crippen LogP contribution in [0.4, 0.5) is 0 Å². The lowest BCUT2D eigenvalue weighted by Crippen LogP contribution is -2.34. The smallest absolute Gasteiger partial charge is 0.247 e. The van der Waals surface area contributed by atoms with Gasteiger partial charge in [-0.3, -0.25) is 0 Å². The van der Waals surface area contributed by atoms with E-state index in [0.29, 0.717) is 18.8 Å². The van der Waals surface area contributed by atoms with Gasteiger partial charge < -0.3 is 9.73 Å². The SMILES string of the molecule is CCNCc1cc(S(=O)(=O)N(C)CC(C)(C)C)c(Br)o1. The number of nitrogens with one attached hydrogen (secondary N) is 1. The summed E-state index contributed by atoms with van der Waals surface area (Å²) in [6.45, 7) is 9.72. The van der Waals surface area contributed by atoms with Crippen LogP contribution in [0, 0.1) is 5.41 Å². The largest absolute Gasteiger partial charge is 0.452 e. The highest BCUT2D eigenvalue weighted by Gasteiger charge is 2.29. The third kappa shape index (κ3) is 4.58. The maximum atomic E-state index is 12.5. The van der Waals surface area contributed by atoms with Gasteiger partial charge in [-0.25, -0.2) is 12.7 Å². The molecule has 0 atom stereocenters. The molecule has 1 aromatic heterocycles. The van der Waals surface area contributed by atoms with E-state index in [1.165, 1.54) is 4.31 Å². The van der Waals surface area contributed by atoms with Crippen molar-refractivity contribution in [2.24, 2.45) is 5.41 Å². The minimum atomic E-state index is -3.54.